The number of nitrogens with zero attached hydrogens (tertiary/aromatic N) is 5. The van der Waals surface area contributed by atoms with E-state index < -0.39 is 0 Å². The number of hydrogen-bond acceptors (Lipinski definition) is 5. The molecule has 1 amide bonds. The first-order valence-electron chi connectivity index (χ1n) is 10.4. The molecule has 31 heavy (non-hydrogen) atoms. The predicted molar refractivity (Wildman–Crippen MR) is 115 cm³/mol. The Morgan fingerprint density at radius 1 is 1.06 bits per heavy atom. The second-order valence-corrected chi connectivity index (χ2v) is 8.37. The van der Waals surface area contributed by atoms with Crippen LogP contribution in [0.2, 0.25) is 0 Å². The van der Waals surface area contributed by atoms with E-state index in [4.69, 9.17) is 0 Å². The Morgan fingerprint density at radius 2 is 2.00 bits per heavy atom. The van der Waals surface area contributed by atoms with Gasteiger partial charge in [-0.3, -0.25) is 19.7 Å². The Bertz CT molecular complexity index is 1360. The van der Waals surface area contributed by atoms with Crippen LogP contribution in [0.25, 0.3) is 22.2 Å². The lowest BCUT2D eigenvalue weighted by molar-refractivity contribution is 0.0589. The number of amides is 1. The molecular weight excluding hydrogens is 392 g/mol. The van der Waals surface area contributed by atoms with E-state index in [1.165, 1.54) is 0 Å². The van der Waals surface area contributed by atoms with E-state index in [0.29, 0.717) is 31.0 Å². The average molecular weight is 412 g/mol. The van der Waals surface area contributed by atoms with Crippen molar-refractivity contribution in [2.75, 3.05) is 13.1 Å². The lowest BCUT2D eigenvalue weighted by Crippen LogP contribution is -2.49. The maximum absolute atomic E-state index is 13.2. The maximum atomic E-state index is 13.2. The zero-order chi connectivity index (χ0) is 20.9. The van der Waals surface area contributed by atoms with Crippen molar-refractivity contribution in [3.8, 4) is 11.1 Å². The van der Waals surface area contributed by atoms with Gasteiger partial charge in [0.25, 0.3) is 11.5 Å². The van der Waals surface area contributed by atoms with E-state index in [1.54, 1.807) is 30.7 Å². The van der Waals surface area contributed by atoms with E-state index in [1.807, 2.05) is 27.7 Å². The van der Waals surface area contributed by atoms with Crippen LogP contribution in [0.4, 0.5) is 0 Å². The molecular formula is C23H20N6O2. The van der Waals surface area contributed by atoms with E-state index in [2.05, 4.69) is 26.2 Å². The highest BCUT2D eigenvalue weighted by Crippen LogP contribution is 2.37. The molecule has 2 bridgehead atoms. The number of aromatic nitrogens is 5. The summed E-state index contributed by atoms with van der Waals surface area (Å²) < 4.78 is 1.88. The Hall–Kier alpha value is -3.81. The quantitative estimate of drug-likeness (QED) is 0.545. The number of fused-ring (bicyclic) bond motifs is 5. The van der Waals surface area contributed by atoms with Crippen molar-refractivity contribution < 1.29 is 4.79 Å². The molecule has 4 aromatic heterocycles. The minimum Gasteiger partial charge on any atom is -0.336 e. The molecule has 2 aliphatic heterocycles. The molecule has 0 spiro atoms. The minimum atomic E-state index is -0.0783. The first kappa shape index (κ1) is 18.0. The molecule has 1 fully saturated rings. The molecule has 8 nitrogen and oxygen atoms in total. The number of carbonyl (C=O) groups is 1. The lowest BCUT2D eigenvalue weighted by atomic mass is 9.82. The van der Waals surface area contributed by atoms with Gasteiger partial charge in [0.15, 0.2) is 5.65 Å². The zero-order valence-corrected chi connectivity index (χ0v) is 16.7. The van der Waals surface area contributed by atoms with Crippen molar-refractivity contribution >= 4 is 16.9 Å². The first-order valence-corrected chi connectivity index (χ1v) is 10.4. The molecule has 0 radical (unpaired) electrons. The number of hydrogen-bond donors (Lipinski definition) is 1. The number of rotatable bonds is 2. The third-order valence-corrected chi connectivity index (χ3v) is 6.36. The monoisotopic (exact) mass is 412 g/mol. The fraction of sp³-hybridized carbons (Fsp3) is 0.261. The van der Waals surface area contributed by atoms with Gasteiger partial charge in [-0.2, -0.15) is 5.10 Å². The van der Waals surface area contributed by atoms with Crippen LogP contribution < -0.4 is 5.56 Å². The number of likely N-dealkylation sites (tertiary alicyclic amines) is 1. The number of pyridine rings is 3. The van der Waals surface area contributed by atoms with E-state index in [0.717, 1.165) is 28.6 Å². The number of carbonyl (C=O) groups excluding carboxylic acids is 1. The van der Waals surface area contributed by atoms with Crippen molar-refractivity contribution in [3.05, 3.63) is 76.7 Å². The minimum absolute atomic E-state index is 0.0113. The van der Waals surface area contributed by atoms with Gasteiger partial charge in [0, 0.05) is 60.7 Å². The summed E-state index contributed by atoms with van der Waals surface area (Å²) in [7, 11) is 0. The molecule has 2 atom stereocenters. The Labute approximate surface area is 177 Å². The van der Waals surface area contributed by atoms with E-state index >= 15 is 0 Å². The van der Waals surface area contributed by atoms with Gasteiger partial charge >= 0.3 is 0 Å². The molecule has 1 N–H and O–H groups in total. The molecule has 6 rings (SSSR count). The third kappa shape index (κ3) is 3.02. The predicted octanol–water partition coefficient (Wildman–Crippen LogP) is 2.44. The second kappa shape index (κ2) is 6.87. The van der Waals surface area contributed by atoms with Gasteiger partial charge in [-0.1, -0.05) is 6.07 Å². The topological polar surface area (TPSA) is 96.8 Å². The van der Waals surface area contributed by atoms with Crippen LogP contribution >= 0.6 is 0 Å². The summed E-state index contributed by atoms with van der Waals surface area (Å²) in [5.41, 5.74) is 3.83. The molecule has 2 aliphatic rings. The normalized spacial score (nSPS) is 19.9. The molecule has 1 saturated heterocycles. The highest BCUT2D eigenvalue weighted by atomic mass is 16.2. The highest BCUT2D eigenvalue weighted by molar-refractivity contribution is 5.94. The number of nitrogens with one attached hydrogen (secondary N) is 1. The molecule has 0 aromatic carbocycles. The van der Waals surface area contributed by atoms with Crippen LogP contribution in [-0.4, -0.2) is 48.6 Å². The molecule has 0 unspecified atom stereocenters. The fourth-order valence-electron chi connectivity index (χ4n) is 4.93. The molecule has 0 aliphatic carbocycles. The average Bonchev–Trinajstić information content (AvgIpc) is 3.27. The van der Waals surface area contributed by atoms with Crippen LogP contribution in [0, 0.1) is 5.92 Å². The van der Waals surface area contributed by atoms with Crippen molar-refractivity contribution in [1.29, 1.82) is 0 Å². The Kier molecular flexibility index (Phi) is 3.99. The fourth-order valence-corrected chi connectivity index (χ4v) is 4.93. The van der Waals surface area contributed by atoms with Crippen LogP contribution in [0.5, 0.6) is 0 Å². The first-order chi connectivity index (χ1) is 15.2. The Morgan fingerprint density at radius 3 is 2.87 bits per heavy atom. The molecule has 154 valence electrons. The van der Waals surface area contributed by atoms with Gasteiger partial charge in [0.2, 0.25) is 0 Å². The SMILES string of the molecule is O=C(c1ccc2cn[nH]c2n1)N1C[C@@H]2C[C@H](C1)c1cc(-c3cccnc3)cc(=O)n1C2. The highest BCUT2D eigenvalue weighted by Gasteiger charge is 2.37. The van der Waals surface area contributed by atoms with Crippen molar-refractivity contribution in [2.24, 2.45) is 5.92 Å². The summed E-state index contributed by atoms with van der Waals surface area (Å²) >= 11 is 0. The van der Waals surface area contributed by atoms with Gasteiger partial charge < -0.3 is 9.47 Å². The summed E-state index contributed by atoms with van der Waals surface area (Å²) in [6, 6.07) is 11.2. The lowest BCUT2D eigenvalue weighted by Gasteiger charge is -2.42. The number of aromatic amines is 1. The summed E-state index contributed by atoms with van der Waals surface area (Å²) in [5, 5.41) is 7.68. The molecule has 0 saturated carbocycles. The van der Waals surface area contributed by atoms with Crippen molar-refractivity contribution in [1.82, 2.24) is 29.6 Å². The molecule has 6 heterocycles. The van der Waals surface area contributed by atoms with Gasteiger partial charge in [0.05, 0.1) is 6.20 Å². The van der Waals surface area contributed by atoms with Crippen molar-refractivity contribution in [2.45, 2.75) is 18.9 Å². The third-order valence-electron chi connectivity index (χ3n) is 6.36. The van der Waals surface area contributed by atoms with Crippen LogP contribution in [0.15, 0.2) is 59.8 Å². The second-order valence-electron chi connectivity index (χ2n) is 8.37. The van der Waals surface area contributed by atoms with Crippen LogP contribution in [-0.2, 0) is 6.54 Å². The number of piperidine rings is 1. The molecule has 4 aromatic rings. The van der Waals surface area contributed by atoms with E-state index in [-0.39, 0.29) is 23.3 Å². The van der Waals surface area contributed by atoms with Gasteiger partial charge in [-0.15, -0.1) is 0 Å². The standard InChI is InChI=1S/C23H20N6O2/c30-21-8-17(15-2-1-5-24-9-15)7-20-18-6-14(12-29(20)21)11-28(13-18)23(31)19-4-3-16-10-25-27-22(16)26-19/h1-5,7-10,14,18H,6,11-13H2,(H,25,26,27)/t14-,18+/m0/s1. The largest absolute Gasteiger partial charge is 0.336 e. The maximum Gasteiger partial charge on any atom is 0.272 e. The van der Waals surface area contributed by atoms with Gasteiger partial charge in [-0.25, -0.2) is 4.98 Å². The Balaban J connectivity index is 1.34. The zero-order valence-electron chi connectivity index (χ0n) is 16.7. The van der Waals surface area contributed by atoms with Gasteiger partial charge in [-0.05, 0) is 42.2 Å². The molecule has 8 heteroatoms. The van der Waals surface area contributed by atoms with Crippen LogP contribution in [0.1, 0.15) is 28.5 Å². The summed E-state index contributed by atoms with van der Waals surface area (Å²) in [5.74, 6) is 0.301. The summed E-state index contributed by atoms with van der Waals surface area (Å²) in [6.45, 7) is 1.84. The van der Waals surface area contributed by atoms with Crippen molar-refractivity contribution in [3.63, 3.8) is 0 Å². The van der Waals surface area contributed by atoms with Crippen LogP contribution in [0.3, 0.4) is 0 Å². The summed E-state index contributed by atoms with van der Waals surface area (Å²) in [6.07, 6.45) is 6.16. The van der Waals surface area contributed by atoms with Gasteiger partial charge in [0.1, 0.15) is 5.69 Å². The van der Waals surface area contributed by atoms with E-state index in [9.17, 15) is 9.59 Å². The smallest absolute Gasteiger partial charge is 0.272 e. The number of H-pyrrole nitrogens is 1. The summed E-state index contributed by atoms with van der Waals surface area (Å²) in [4.78, 5) is 36.6.